The molecule has 0 N–H and O–H groups in total. The minimum absolute atomic E-state index is 0.246. The van der Waals surface area contributed by atoms with Crippen LogP contribution in [0.15, 0.2) is 58.6 Å². The fourth-order valence-electron chi connectivity index (χ4n) is 2.95. The lowest BCUT2D eigenvalue weighted by Crippen LogP contribution is -2.28. The summed E-state index contributed by atoms with van der Waals surface area (Å²) < 4.78 is 31.0. The van der Waals surface area contributed by atoms with Crippen molar-refractivity contribution in [1.29, 1.82) is 0 Å². The fourth-order valence-corrected chi connectivity index (χ4v) is 4.19. The smallest absolute Gasteiger partial charge is 0.206 e. The first-order chi connectivity index (χ1) is 13.6. The molecule has 1 aromatic carbocycles. The molecular formula is C22H32N2O3S. The van der Waals surface area contributed by atoms with Gasteiger partial charge in [0, 0.05) is 18.9 Å². The van der Waals surface area contributed by atoms with Crippen LogP contribution in [0, 0.1) is 0 Å². The number of ether oxygens (including phenoxy) is 1. The summed E-state index contributed by atoms with van der Waals surface area (Å²) in [6, 6.07) is 9.64. The number of rotatable bonds is 13. The van der Waals surface area contributed by atoms with E-state index in [0.717, 1.165) is 26.1 Å². The number of aromatic nitrogens is 1. The molecule has 154 valence electrons. The van der Waals surface area contributed by atoms with E-state index < -0.39 is 9.84 Å². The summed E-state index contributed by atoms with van der Waals surface area (Å²) in [4.78, 5) is 6.89. The van der Waals surface area contributed by atoms with Crippen LogP contribution in [0.5, 0.6) is 5.75 Å². The molecule has 0 unspecified atom stereocenters. The van der Waals surface area contributed by atoms with Gasteiger partial charge < -0.3 is 9.64 Å². The van der Waals surface area contributed by atoms with E-state index in [9.17, 15) is 8.42 Å². The van der Waals surface area contributed by atoms with Crippen molar-refractivity contribution in [3.8, 4) is 5.75 Å². The van der Waals surface area contributed by atoms with Gasteiger partial charge in [-0.25, -0.2) is 8.42 Å². The number of nitrogens with zero attached hydrogens (tertiary/aromatic N) is 2. The second-order valence-electron chi connectivity index (χ2n) is 6.91. The Morgan fingerprint density at radius 3 is 1.93 bits per heavy atom. The van der Waals surface area contributed by atoms with Crippen molar-refractivity contribution >= 4 is 9.84 Å². The number of unbranched alkanes of at least 4 members (excludes halogenated alkanes) is 2. The molecular weight excluding hydrogens is 372 g/mol. The van der Waals surface area contributed by atoms with E-state index in [1.165, 1.54) is 50.2 Å². The van der Waals surface area contributed by atoms with Gasteiger partial charge in [0.2, 0.25) is 9.84 Å². The van der Waals surface area contributed by atoms with Crippen molar-refractivity contribution in [2.24, 2.45) is 0 Å². The molecule has 1 aromatic heterocycles. The van der Waals surface area contributed by atoms with E-state index in [0.29, 0.717) is 12.4 Å². The van der Waals surface area contributed by atoms with Gasteiger partial charge in [-0.1, -0.05) is 26.7 Å². The predicted octanol–water partition coefficient (Wildman–Crippen LogP) is 4.59. The average molecular weight is 405 g/mol. The molecule has 0 spiro atoms. The van der Waals surface area contributed by atoms with Gasteiger partial charge in [0.05, 0.1) is 16.4 Å². The van der Waals surface area contributed by atoms with Gasteiger partial charge in [-0.05, 0) is 68.8 Å². The molecule has 2 rings (SSSR count). The highest BCUT2D eigenvalue weighted by Gasteiger charge is 2.17. The zero-order chi connectivity index (χ0) is 20.2. The molecule has 0 fully saturated rings. The molecule has 0 aliphatic carbocycles. The van der Waals surface area contributed by atoms with Gasteiger partial charge in [-0.3, -0.25) is 4.98 Å². The molecule has 28 heavy (non-hydrogen) atoms. The van der Waals surface area contributed by atoms with Crippen LogP contribution in [0.4, 0.5) is 0 Å². The average Bonchev–Trinajstić information content (AvgIpc) is 2.73. The Kier molecular flexibility index (Phi) is 9.44. The number of hydrogen-bond donors (Lipinski definition) is 0. The fraction of sp³-hybridized carbons (Fsp3) is 0.500. The highest BCUT2D eigenvalue weighted by molar-refractivity contribution is 7.91. The van der Waals surface area contributed by atoms with E-state index in [1.807, 2.05) is 0 Å². The van der Waals surface area contributed by atoms with Gasteiger partial charge in [-0.15, -0.1) is 0 Å². The minimum Gasteiger partial charge on any atom is -0.494 e. The third-order valence-corrected chi connectivity index (χ3v) is 6.42. The summed E-state index contributed by atoms with van der Waals surface area (Å²) in [5, 5.41) is 0. The lowest BCUT2D eigenvalue weighted by atomic mass is 10.2. The predicted molar refractivity (Wildman–Crippen MR) is 112 cm³/mol. The standard InChI is InChI=1S/C22H32N2O3S/c1-3-5-16-24(17-6-4-2)18-7-19-27-20-8-10-21(11-9-20)28(25,26)22-12-14-23-15-13-22/h8-15H,3-7,16-19H2,1-2H3. The van der Waals surface area contributed by atoms with Crippen LogP contribution < -0.4 is 4.74 Å². The number of benzene rings is 1. The molecule has 0 amide bonds. The maximum Gasteiger partial charge on any atom is 0.206 e. The Morgan fingerprint density at radius 1 is 0.821 bits per heavy atom. The highest BCUT2D eigenvalue weighted by atomic mass is 32.2. The van der Waals surface area contributed by atoms with Crippen LogP contribution in [0.1, 0.15) is 46.0 Å². The summed E-state index contributed by atoms with van der Waals surface area (Å²) >= 11 is 0. The largest absolute Gasteiger partial charge is 0.494 e. The van der Waals surface area contributed by atoms with Crippen molar-refractivity contribution in [3.05, 3.63) is 48.8 Å². The Hall–Kier alpha value is -1.92. The maximum absolute atomic E-state index is 12.6. The van der Waals surface area contributed by atoms with Crippen molar-refractivity contribution in [2.75, 3.05) is 26.2 Å². The van der Waals surface area contributed by atoms with Crippen LogP contribution in [-0.2, 0) is 9.84 Å². The summed E-state index contributed by atoms with van der Waals surface area (Å²) in [5.74, 6) is 0.697. The van der Waals surface area contributed by atoms with Crippen LogP contribution in [-0.4, -0.2) is 44.5 Å². The van der Waals surface area contributed by atoms with Crippen LogP contribution in [0.25, 0.3) is 0 Å². The molecule has 0 aliphatic heterocycles. The number of hydrogen-bond acceptors (Lipinski definition) is 5. The first-order valence-electron chi connectivity index (χ1n) is 10.2. The molecule has 0 saturated carbocycles. The monoisotopic (exact) mass is 404 g/mol. The van der Waals surface area contributed by atoms with Gasteiger partial charge in [0.1, 0.15) is 5.75 Å². The van der Waals surface area contributed by atoms with Crippen LogP contribution in [0.2, 0.25) is 0 Å². The molecule has 2 aromatic rings. The Bertz CT molecular complexity index is 769. The summed E-state index contributed by atoms with van der Waals surface area (Å²) in [7, 11) is -3.51. The lowest BCUT2D eigenvalue weighted by molar-refractivity contribution is 0.229. The van der Waals surface area contributed by atoms with E-state index in [4.69, 9.17) is 4.74 Å². The van der Waals surface area contributed by atoms with E-state index >= 15 is 0 Å². The van der Waals surface area contributed by atoms with Gasteiger partial charge in [-0.2, -0.15) is 0 Å². The first-order valence-corrected chi connectivity index (χ1v) is 11.7. The van der Waals surface area contributed by atoms with E-state index in [2.05, 4.69) is 23.7 Å². The lowest BCUT2D eigenvalue weighted by Gasteiger charge is -2.21. The van der Waals surface area contributed by atoms with Crippen molar-refractivity contribution in [1.82, 2.24) is 9.88 Å². The number of sulfone groups is 1. The van der Waals surface area contributed by atoms with Gasteiger partial charge in [0.25, 0.3) is 0 Å². The number of pyridine rings is 1. The second-order valence-corrected chi connectivity index (χ2v) is 8.86. The third-order valence-electron chi connectivity index (χ3n) is 4.64. The minimum atomic E-state index is -3.51. The molecule has 5 nitrogen and oxygen atoms in total. The Balaban J connectivity index is 1.84. The van der Waals surface area contributed by atoms with Crippen LogP contribution in [0.3, 0.4) is 0 Å². The van der Waals surface area contributed by atoms with Crippen molar-refractivity contribution in [3.63, 3.8) is 0 Å². The van der Waals surface area contributed by atoms with Crippen molar-refractivity contribution in [2.45, 2.75) is 55.7 Å². The summed E-state index contributed by atoms with van der Waals surface area (Å²) in [6.45, 7) is 8.41. The molecule has 0 radical (unpaired) electrons. The van der Waals surface area contributed by atoms with Gasteiger partial charge >= 0.3 is 0 Å². The SMILES string of the molecule is CCCCN(CCCC)CCCOc1ccc(S(=O)(=O)c2ccncc2)cc1. The third kappa shape index (κ3) is 6.91. The normalized spacial score (nSPS) is 11.7. The van der Waals surface area contributed by atoms with E-state index in [-0.39, 0.29) is 9.79 Å². The Labute approximate surface area is 169 Å². The molecule has 0 saturated heterocycles. The topological polar surface area (TPSA) is 59.5 Å². The first kappa shape index (κ1) is 22.4. The van der Waals surface area contributed by atoms with E-state index in [1.54, 1.807) is 24.3 Å². The molecule has 0 atom stereocenters. The molecule has 0 aliphatic rings. The second kappa shape index (κ2) is 11.8. The molecule has 1 heterocycles. The van der Waals surface area contributed by atoms with Crippen LogP contribution >= 0.6 is 0 Å². The summed E-state index contributed by atoms with van der Waals surface area (Å²) in [5.41, 5.74) is 0. The molecule has 6 heteroatoms. The van der Waals surface area contributed by atoms with Gasteiger partial charge in [0.15, 0.2) is 0 Å². The quantitative estimate of drug-likeness (QED) is 0.457. The maximum atomic E-state index is 12.6. The Morgan fingerprint density at radius 2 is 1.36 bits per heavy atom. The highest BCUT2D eigenvalue weighted by Crippen LogP contribution is 2.22. The van der Waals surface area contributed by atoms with Crippen molar-refractivity contribution < 1.29 is 13.2 Å². The zero-order valence-electron chi connectivity index (χ0n) is 17.0. The summed E-state index contributed by atoms with van der Waals surface area (Å²) in [6.07, 6.45) is 8.82. The molecule has 0 bridgehead atoms. The zero-order valence-corrected chi connectivity index (χ0v) is 17.8.